The van der Waals surface area contributed by atoms with Crippen molar-refractivity contribution < 1.29 is 14.4 Å². The first-order valence-corrected chi connectivity index (χ1v) is 7.27. The van der Waals surface area contributed by atoms with E-state index in [0.717, 1.165) is 11.1 Å². The molecular formula is C18H19NO4. The van der Waals surface area contributed by atoms with Crippen LogP contribution >= 0.6 is 0 Å². The van der Waals surface area contributed by atoms with Crippen LogP contribution in [0, 0.1) is 10.1 Å². The minimum absolute atomic E-state index is 0.0494. The smallest absolute Gasteiger partial charge is 0.269 e. The minimum Gasteiger partial charge on any atom is -0.493 e. The third kappa shape index (κ3) is 4.10. The van der Waals surface area contributed by atoms with Crippen LogP contribution in [0.15, 0.2) is 48.5 Å². The maximum Gasteiger partial charge on any atom is 0.269 e. The maximum absolute atomic E-state index is 10.9. The molecule has 0 bridgehead atoms. The van der Waals surface area contributed by atoms with Gasteiger partial charge in [0.25, 0.3) is 5.69 Å². The van der Waals surface area contributed by atoms with Crippen LogP contribution in [0.5, 0.6) is 11.5 Å². The Morgan fingerprint density at radius 1 is 1.17 bits per heavy atom. The fourth-order valence-corrected chi connectivity index (χ4v) is 2.23. The van der Waals surface area contributed by atoms with Gasteiger partial charge in [0.1, 0.15) is 6.10 Å². The van der Waals surface area contributed by atoms with Crippen molar-refractivity contribution in [1.29, 1.82) is 0 Å². The van der Waals surface area contributed by atoms with E-state index in [1.165, 1.54) is 12.1 Å². The topological polar surface area (TPSA) is 61.6 Å². The first kappa shape index (κ1) is 16.5. The largest absolute Gasteiger partial charge is 0.493 e. The summed E-state index contributed by atoms with van der Waals surface area (Å²) in [6.45, 7) is 3.79. The van der Waals surface area contributed by atoms with Crippen LogP contribution in [0.25, 0.3) is 6.08 Å². The number of benzene rings is 2. The number of rotatable bonds is 6. The number of non-ortho nitro benzene ring substituents is 1. The molecular weight excluding hydrogens is 294 g/mol. The summed E-state index contributed by atoms with van der Waals surface area (Å²) in [5.41, 5.74) is 1.80. The SMILES string of the molecule is C/C=C/c1ccc(O[C@H](C)c2cccc([N+](=O)[O-])c2)c(OC)c1. The Hall–Kier alpha value is -2.82. The van der Waals surface area contributed by atoms with Gasteiger partial charge in [-0.25, -0.2) is 0 Å². The lowest BCUT2D eigenvalue weighted by Gasteiger charge is -2.17. The zero-order valence-corrected chi connectivity index (χ0v) is 13.4. The summed E-state index contributed by atoms with van der Waals surface area (Å²) in [5, 5.41) is 10.9. The third-order valence-electron chi connectivity index (χ3n) is 3.40. The molecule has 0 aliphatic rings. The van der Waals surface area contributed by atoms with E-state index < -0.39 is 4.92 Å². The monoisotopic (exact) mass is 313 g/mol. The number of nitro benzene ring substituents is 1. The molecule has 5 nitrogen and oxygen atoms in total. The Morgan fingerprint density at radius 2 is 1.96 bits per heavy atom. The van der Waals surface area contributed by atoms with Gasteiger partial charge in [0.2, 0.25) is 0 Å². The van der Waals surface area contributed by atoms with E-state index in [2.05, 4.69) is 0 Å². The van der Waals surface area contributed by atoms with Gasteiger partial charge >= 0.3 is 0 Å². The zero-order valence-electron chi connectivity index (χ0n) is 13.4. The molecule has 5 heteroatoms. The summed E-state index contributed by atoms with van der Waals surface area (Å²) in [6, 6.07) is 12.1. The number of hydrogen-bond acceptors (Lipinski definition) is 4. The van der Waals surface area contributed by atoms with Gasteiger partial charge in [0.05, 0.1) is 12.0 Å². The van der Waals surface area contributed by atoms with Crippen molar-refractivity contribution in [2.45, 2.75) is 20.0 Å². The van der Waals surface area contributed by atoms with E-state index in [-0.39, 0.29) is 11.8 Å². The molecule has 120 valence electrons. The van der Waals surface area contributed by atoms with Crippen LogP contribution in [0.2, 0.25) is 0 Å². The summed E-state index contributed by atoms with van der Waals surface area (Å²) >= 11 is 0. The highest BCUT2D eigenvalue weighted by molar-refractivity contribution is 5.55. The van der Waals surface area contributed by atoms with E-state index in [9.17, 15) is 10.1 Å². The molecule has 1 atom stereocenters. The lowest BCUT2D eigenvalue weighted by Crippen LogP contribution is -2.05. The molecule has 0 heterocycles. The molecule has 0 aliphatic heterocycles. The normalized spacial score (nSPS) is 12.1. The average Bonchev–Trinajstić information content (AvgIpc) is 2.56. The fourth-order valence-electron chi connectivity index (χ4n) is 2.23. The number of hydrogen-bond donors (Lipinski definition) is 0. The summed E-state index contributed by atoms with van der Waals surface area (Å²) in [7, 11) is 1.58. The number of ether oxygens (including phenoxy) is 2. The van der Waals surface area contributed by atoms with Gasteiger partial charge in [0, 0.05) is 12.1 Å². The molecule has 0 amide bonds. The Labute approximate surface area is 135 Å². The van der Waals surface area contributed by atoms with Crippen LogP contribution < -0.4 is 9.47 Å². The Morgan fingerprint density at radius 3 is 2.61 bits per heavy atom. The molecule has 0 saturated heterocycles. The van der Waals surface area contributed by atoms with Crippen molar-refractivity contribution in [3.63, 3.8) is 0 Å². The average molecular weight is 313 g/mol. The summed E-state index contributed by atoms with van der Waals surface area (Å²) in [6.07, 6.45) is 3.58. The first-order valence-electron chi connectivity index (χ1n) is 7.27. The van der Waals surface area contributed by atoms with E-state index in [1.54, 1.807) is 19.2 Å². The Balaban J connectivity index is 2.24. The van der Waals surface area contributed by atoms with Crippen molar-refractivity contribution in [3.8, 4) is 11.5 Å². The summed E-state index contributed by atoms with van der Waals surface area (Å²) < 4.78 is 11.3. The number of nitro groups is 1. The zero-order chi connectivity index (χ0) is 16.8. The molecule has 2 aromatic carbocycles. The van der Waals surface area contributed by atoms with Gasteiger partial charge in [-0.15, -0.1) is 0 Å². The van der Waals surface area contributed by atoms with Crippen LogP contribution in [0.1, 0.15) is 31.1 Å². The predicted octanol–water partition coefficient (Wildman–Crippen LogP) is 4.78. The predicted molar refractivity (Wildman–Crippen MR) is 89.8 cm³/mol. The second-order valence-corrected chi connectivity index (χ2v) is 5.02. The van der Waals surface area contributed by atoms with E-state index in [0.29, 0.717) is 11.5 Å². The summed E-state index contributed by atoms with van der Waals surface area (Å²) in [4.78, 5) is 10.5. The van der Waals surface area contributed by atoms with Crippen LogP contribution in [-0.4, -0.2) is 12.0 Å². The fraction of sp³-hybridized carbons (Fsp3) is 0.222. The number of allylic oxidation sites excluding steroid dienone is 1. The molecule has 0 radical (unpaired) electrons. The van der Waals surface area contributed by atoms with Crippen molar-refractivity contribution in [3.05, 3.63) is 69.8 Å². The molecule has 0 saturated carbocycles. The number of nitrogens with zero attached hydrogens (tertiary/aromatic N) is 1. The van der Waals surface area contributed by atoms with Gasteiger partial charge in [0.15, 0.2) is 11.5 Å². The summed E-state index contributed by atoms with van der Waals surface area (Å²) in [5.74, 6) is 1.22. The van der Waals surface area contributed by atoms with Crippen molar-refractivity contribution in [1.82, 2.24) is 0 Å². The quantitative estimate of drug-likeness (QED) is 0.569. The van der Waals surface area contributed by atoms with E-state index in [1.807, 2.05) is 44.2 Å². The van der Waals surface area contributed by atoms with Crippen LogP contribution in [0.4, 0.5) is 5.69 Å². The molecule has 2 rings (SSSR count). The van der Waals surface area contributed by atoms with E-state index in [4.69, 9.17) is 9.47 Å². The van der Waals surface area contributed by atoms with Gasteiger partial charge in [-0.2, -0.15) is 0 Å². The minimum atomic E-state index is -0.414. The number of methoxy groups -OCH3 is 1. The molecule has 0 aliphatic carbocycles. The molecule has 0 spiro atoms. The van der Waals surface area contributed by atoms with Crippen molar-refractivity contribution in [2.24, 2.45) is 0 Å². The Kier molecular flexibility index (Phi) is 5.36. The van der Waals surface area contributed by atoms with Crippen LogP contribution in [0.3, 0.4) is 0 Å². The highest BCUT2D eigenvalue weighted by Gasteiger charge is 2.14. The molecule has 0 unspecified atom stereocenters. The second kappa shape index (κ2) is 7.45. The second-order valence-electron chi connectivity index (χ2n) is 5.02. The van der Waals surface area contributed by atoms with Gasteiger partial charge in [-0.1, -0.05) is 30.4 Å². The van der Waals surface area contributed by atoms with E-state index >= 15 is 0 Å². The molecule has 23 heavy (non-hydrogen) atoms. The molecule has 0 aromatic heterocycles. The lowest BCUT2D eigenvalue weighted by atomic mass is 10.1. The molecule has 2 aromatic rings. The van der Waals surface area contributed by atoms with Crippen molar-refractivity contribution in [2.75, 3.05) is 7.11 Å². The third-order valence-corrected chi connectivity index (χ3v) is 3.40. The maximum atomic E-state index is 10.9. The van der Waals surface area contributed by atoms with Gasteiger partial charge in [-0.3, -0.25) is 10.1 Å². The highest BCUT2D eigenvalue weighted by atomic mass is 16.6. The molecule has 0 N–H and O–H groups in total. The lowest BCUT2D eigenvalue weighted by molar-refractivity contribution is -0.385. The first-order chi connectivity index (χ1) is 11.0. The van der Waals surface area contributed by atoms with Gasteiger partial charge in [-0.05, 0) is 37.1 Å². The highest BCUT2D eigenvalue weighted by Crippen LogP contribution is 2.33. The van der Waals surface area contributed by atoms with Crippen molar-refractivity contribution >= 4 is 11.8 Å². The molecule has 0 fully saturated rings. The Bertz CT molecular complexity index is 725. The van der Waals surface area contributed by atoms with Gasteiger partial charge < -0.3 is 9.47 Å². The van der Waals surface area contributed by atoms with Crippen LogP contribution in [-0.2, 0) is 0 Å². The standard InChI is InChI=1S/C18H19NO4/c1-4-6-14-9-10-17(18(11-14)22-3)23-13(2)15-7-5-8-16(12-15)19(20)21/h4-13H,1-3H3/b6-4+/t13-/m1/s1.